The zero-order valence-corrected chi connectivity index (χ0v) is 10.7. The van der Waals surface area contributed by atoms with Gasteiger partial charge in [-0.15, -0.1) is 0 Å². The molecule has 0 aliphatic heterocycles. The highest BCUT2D eigenvalue weighted by Crippen LogP contribution is 2.18. The standard InChI is InChI=1S/C14H20FNO/c1-11(2)16-9-5-4-6-12-7-8-14(17-3)13(15)10-12/h4,6-8,10-11,16H,5,9H2,1-3H3. The van der Waals surface area contributed by atoms with E-state index in [0.717, 1.165) is 18.5 Å². The number of hydrogen-bond donors (Lipinski definition) is 1. The number of nitrogens with one attached hydrogen (secondary N) is 1. The van der Waals surface area contributed by atoms with Crippen molar-refractivity contribution in [2.75, 3.05) is 13.7 Å². The lowest BCUT2D eigenvalue weighted by Crippen LogP contribution is -2.23. The fourth-order valence-electron chi connectivity index (χ4n) is 1.46. The molecule has 0 bridgehead atoms. The summed E-state index contributed by atoms with van der Waals surface area (Å²) in [6.45, 7) is 5.16. The molecule has 0 amide bonds. The molecule has 1 rings (SSSR count). The lowest BCUT2D eigenvalue weighted by atomic mass is 10.2. The Bertz CT molecular complexity index is 374. The zero-order chi connectivity index (χ0) is 12.7. The van der Waals surface area contributed by atoms with Crippen LogP contribution in [-0.2, 0) is 0 Å². The summed E-state index contributed by atoms with van der Waals surface area (Å²) in [5.74, 6) is -0.0430. The van der Waals surface area contributed by atoms with E-state index in [1.54, 1.807) is 6.07 Å². The second kappa shape index (κ2) is 7.07. The molecule has 0 unspecified atom stereocenters. The minimum absolute atomic E-state index is 0.281. The molecule has 0 fully saturated rings. The van der Waals surface area contributed by atoms with Crippen LogP contribution >= 0.6 is 0 Å². The predicted molar refractivity (Wildman–Crippen MR) is 69.7 cm³/mol. The van der Waals surface area contributed by atoms with Crippen molar-refractivity contribution in [3.05, 3.63) is 35.7 Å². The summed E-state index contributed by atoms with van der Waals surface area (Å²) in [6, 6.07) is 5.46. The average Bonchev–Trinajstić information content (AvgIpc) is 2.28. The molecule has 0 heterocycles. The van der Waals surface area contributed by atoms with Gasteiger partial charge < -0.3 is 10.1 Å². The Morgan fingerprint density at radius 1 is 1.41 bits per heavy atom. The van der Waals surface area contributed by atoms with Crippen LogP contribution in [0.2, 0.25) is 0 Å². The Kier molecular flexibility index (Phi) is 5.70. The third-order valence-electron chi connectivity index (χ3n) is 2.35. The summed E-state index contributed by atoms with van der Waals surface area (Å²) in [6.07, 6.45) is 4.90. The van der Waals surface area contributed by atoms with E-state index in [0.29, 0.717) is 6.04 Å². The first-order chi connectivity index (χ1) is 8.13. The molecule has 2 nitrogen and oxygen atoms in total. The molecule has 0 aliphatic rings. The maximum atomic E-state index is 13.4. The molecule has 3 heteroatoms. The zero-order valence-electron chi connectivity index (χ0n) is 10.7. The van der Waals surface area contributed by atoms with Crippen LogP contribution < -0.4 is 10.1 Å². The van der Waals surface area contributed by atoms with Crippen LogP contribution in [0, 0.1) is 5.82 Å². The highest BCUT2D eigenvalue weighted by atomic mass is 19.1. The van der Waals surface area contributed by atoms with Crippen LogP contribution in [0.5, 0.6) is 5.75 Å². The van der Waals surface area contributed by atoms with Crippen molar-refractivity contribution in [3.63, 3.8) is 0 Å². The van der Waals surface area contributed by atoms with Gasteiger partial charge in [0, 0.05) is 6.04 Å². The van der Waals surface area contributed by atoms with Crippen molar-refractivity contribution in [1.82, 2.24) is 5.32 Å². The van der Waals surface area contributed by atoms with Crippen LogP contribution in [0.15, 0.2) is 24.3 Å². The molecule has 0 aliphatic carbocycles. The summed E-state index contributed by atoms with van der Waals surface area (Å²) in [7, 11) is 1.46. The van der Waals surface area contributed by atoms with E-state index in [-0.39, 0.29) is 11.6 Å². The number of rotatable bonds is 6. The number of hydrogen-bond acceptors (Lipinski definition) is 2. The Morgan fingerprint density at radius 3 is 2.76 bits per heavy atom. The number of methoxy groups -OCH3 is 1. The van der Waals surface area contributed by atoms with Crippen molar-refractivity contribution in [1.29, 1.82) is 0 Å². The molecular formula is C14H20FNO. The fraction of sp³-hybridized carbons (Fsp3) is 0.429. The van der Waals surface area contributed by atoms with Gasteiger partial charge >= 0.3 is 0 Å². The quantitative estimate of drug-likeness (QED) is 0.767. The average molecular weight is 237 g/mol. The van der Waals surface area contributed by atoms with E-state index < -0.39 is 0 Å². The Hall–Kier alpha value is -1.35. The largest absolute Gasteiger partial charge is 0.494 e. The highest BCUT2D eigenvalue weighted by molar-refractivity contribution is 5.50. The van der Waals surface area contributed by atoms with Gasteiger partial charge in [0.15, 0.2) is 11.6 Å². The molecule has 0 aromatic heterocycles. The minimum Gasteiger partial charge on any atom is -0.494 e. The Morgan fingerprint density at radius 2 is 2.18 bits per heavy atom. The van der Waals surface area contributed by atoms with E-state index in [4.69, 9.17) is 4.74 Å². The molecule has 94 valence electrons. The second-order valence-corrected chi connectivity index (χ2v) is 4.19. The van der Waals surface area contributed by atoms with Gasteiger partial charge in [-0.25, -0.2) is 4.39 Å². The van der Waals surface area contributed by atoms with Crippen molar-refractivity contribution in [3.8, 4) is 5.75 Å². The maximum absolute atomic E-state index is 13.4. The van der Waals surface area contributed by atoms with Gasteiger partial charge in [-0.05, 0) is 30.7 Å². The molecule has 0 radical (unpaired) electrons. The summed E-state index contributed by atoms with van der Waals surface area (Å²) >= 11 is 0. The first kappa shape index (κ1) is 13.7. The van der Waals surface area contributed by atoms with E-state index in [1.807, 2.05) is 18.2 Å². The molecule has 0 spiro atoms. The molecule has 1 N–H and O–H groups in total. The van der Waals surface area contributed by atoms with Crippen LogP contribution in [0.4, 0.5) is 4.39 Å². The Labute approximate surface area is 102 Å². The van der Waals surface area contributed by atoms with Gasteiger partial charge in [-0.2, -0.15) is 0 Å². The molecule has 17 heavy (non-hydrogen) atoms. The molecular weight excluding hydrogens is 217 g/mol. The topological polar surface area (TPSA) is 21.3 Å². The highest BCUT2D eigenvalue weighted by Gasteiger charge is 2.00. The molecule has 1 aromatic rings. The maximum Gasteiger partial charge on any atom is 0.165 e. The van der Waals surface area contributed by atoms with Gasteiger partial charge in [-0.3, -0.25) is 0 Å². The molecule has 1 aromatic carbocycles. The smallest absolute Gasteiger partial charge is 0.165 e. The van der Waals surface area contributed by atoms with Crippen molar-refractivity contribution < 1.29 is 9.13 Å². The Balaban J connectivity index is 2.46. The lowest BCUT2D eigenvalue weighted by Gasteiger charge is -2.05. The summed E-state index contributed by atoms with van der Waals surface area (Å²) in [5, 5.41) is 3.32. The third kappa shape index (κ3) is 5.00. The van der Waals surface area contributed by atoms with Crippen molar-refractivity contribution in [2.45, 2.75) is 26.3 Å². The van der Waals surface area contributed by atoms with Gasteiger partial charge in [0.05, 0.1) is 7.11 Å². The van der Waals surface area contributed by atoms with Crippen LogP contribution in [0.3, 0.4) is 0 Å². The fourth-order valence-corrected chi connectivity index (χ4v) is 1.46. The number of benzene rings is 1. The van der Waals surface area contributed by atoms with E-state index in [1.165, 1.54) is 13.2 Å². The summed E-state index contributed by atoms with van der Waals surface area (Å²) < 4.78 is 18.2. The minimum atomic E-state index is -0.324. The first-order valence-corrected chi connectivity index (χ1v) is 5.87. The van der Waals surface area contributed by atoms with Gasteiger partial charge in [0.2, 0.25) is 0 Å². The second-order valence-electron chi connectivity index (χ2n) is 4.19. The van der Waals surface area contributed by atoms with Crippen molar-refractivity contribution >= 4 is 6.08 Å². The van der Waals surface area contributed by atoms with Crippen LogP contribution in [-0.4, -0.2) is 19.7 Å². The third-order valence-corrected chi connectivity index (χ3v) is 2.35. The molecule has 0 atom stereocenters. The number of ether oxygens (including phenoxy) is 1. The predicted octanol–water partition coefficient (Wildman–Crippen LogP) is 3.24. The summed E-state index contributed by atoms with van der Waals surface area (Å²) in [4.78, 5) is 0. The lowest BCUT2D eigenvalue weighted by molar-refractivity contribution is 0.386. The van der Waals surface area contributed by atoms with E-state index >= 15 is 0 Å². The van der Waals surface area contributed by atoms with Gasteiger partial charge in [0.1, 0.15) is 0 Å². The van der Waals surface area contributed by atoms with Gasteiger partial charge in [-0.1, -0.05) is 32.1 Å². The summed E-state index contributed by atoms with van der Waals surface area (Å²) in [5.41, 5.74) is 0.854. The first-order valence-electron chi connectivity index (χ1n) is 5.87. The van der Waals surface area contributed by atoms with Crippen LogP contribution in [0.1, 0.15) is 25.8 Å². The van der Waals surface area contributed by atoms with Crippen molar-refractivity contribution in [2.24, 2.45) is 0 Å². The van der Waals surface area contributed by atoms with E-state index in [2.05, 4.69) is 19.2 Å². The SMILES string of the molecule is COc1ccc(C=CCCNC(C)C)cc1F. The van der Waals surface area contributed by atoms with Gasteiger partial charge in [0.25, 0.3) is 0 Å². The monoisotopic (exact) mass is 237 g/mol. The molecule has 0 saturated heterocycles. The van der Waals surface area contributed by atoms with Crippen LogP contribution in [0.25, 0.3) is 6.08 Å². The van der Waals surface area contributed by atoms with E-state index in [9.17, 15) is 4.39 Å². The normalized spacial score (nSPS) is 11.4. The molecule has 0 saturated carbocycles. The number of halogens is 1.